The Balaban J connectivity index is 1.91. The predicted molar refractivity (Wildman–Crippen MR) is 75.8 cm³/mol. The number of hydrogen-bond acceptors (Lipinski definition) is 3. The van der Waals surface area contributed by atoms with E-state index in [4.69, 9.17) is 10.5 Å². The lowest BCUT2D eigenvalue weighted by Crippen LogP contribution is -2.14. The van der Waals surface area contributed by atoms with Crippen LogP contribution in [0.3, 0.4) is 0 Å². The second kappa shape index (κ2) is 5.91. The van der Waals surface area contributed by atoms with Gasteiger partial charge in [0.1, 0.15) is 6.61 Å². The van der Waals surface area contributed by atoms with E-state index < -0.39 is 6.09 Å². The number of amides is 1. The molecule has 98 valence electrons. The zero-order valence-electron chi connectivity index (χ0n) is 10.7. The van der Waals surface area contributed by atoms with Gasteiger partial charge in [0.05, 0.1) is 11.4 Å². The maximum atomic E-state index is 11.6. The van der Waals surface area contributed by atoms with Gasteiger partial charge in [0.25, 0.3) is 0 Å². The van der Waals surface area contributed by atoms with Crippen molar-refractivity contribution in [2.24, 2.45) is 0 Å². The number of nitrogens with two attached hydrogens (primary N) is 1. The average Bonchev–Trinajstić information content (AvgIpc) is 2.41. The van der Waals surface area contributed by atoms with E-state index in [-0.39, 0.29) is 6.61 Å². The molecule has 1 amide bonds. The summed E-state index contributed by atoms with van der Waals surface area (Å²) in [5.74, 6) is 0. The van der Waals surface area contributed by atoms with Gasteiger partial charge >= 0.3 is 6.09 Å². The number of hydrogen-bond donors (Lipinski definition) is 2. The molecule has 0 radical (unpaired) electrons. The van der Waals surface area contributed by atoms with Gasteiger partial charge in [0, 0.05) is 0 Å². The Labute approximate surface area is 112 Å². The summed E-state index contributed by atoms with van der Waals surface area (Å²) in [6.45, 7) is 2.17. The van der Waals surface area contributed by atoms with Crippen LogP contribution in [0.2, 0.25) is 0 Å². The Morgan fingerprint density at radius 3 is 2.63 bits per heavy atom. The van der Waals surface area contributed by atoms with E-state index in [9.17, 15) is 4.79 Å². The van der Waals surface area contributed by atoms with Crippen molar-refractivity contribution in [2.75, 3.05) is 11.1 Å². The van der Waals surface area contributed by atoms with Crippen LogP contribution in [0.5, 0.6) is 0 Å². The molecule has 4 heteroatoms. The van der Waals surface area contributed by atoms with Crippen molar-refractivity contribution in [1.29, 1.82) is 0 Å². The van der Waals surface area contributed by atoms with Crippen LogP contribution in [0.1, 0.15) is 11.1 Å². The zero-order valence-corrected chi connectivity index (χ0v) is 10.7. The molecule has 0 fully saturated rings. The highest BCUT2D eigenvalue weighted by atomic mass is 16.5. The maximum absolute atomic E-state index is 11.6. The van der Waals surface area contributed by atoms with Gasteiger partial charge < -0.3 is 10.5 Å². The second-order valence-corrected chi connectivity index (χ2v) is 4.28. The van der Waals surface area contributed by atoms with Gasteiger partial charge in [-0.15, -0.1) is 0 Å². The number of carbonyl (C=O) groups excluding carboxylic acids is 1. The lowest BCUT2D eigenvalue weighted by atomic mass is 10.2. The molecule has 0 aliphatic heterocycles. The molecule has 0 saturated heterocycles. The Morgan fingerprint density at radius 2 is 1.95 bits per heavy atom. The molecule has 19 heavy (non-hydrogen) atoms. The molecule has 0 atom stereocenters. The molecular weight excluding hydrogens is 240 g/mol. The van der Waals surface area contributed by atoms with Gasteiger partial charge in [0.2, 0.25) is 0 Å². The normalized spacial score (nSPS) is 9.95. The van der Waals surface area contributed by atoms with E-state index in [1.165, 1.54) is 0 Å². The molecule has 0 spiro atoms. The van der Waals surface area contributed by atoms with Crippen molar-refractivity contribution >= 4 is 17.5 Å². The summed E-state index contributed by atoms with van der Waals surface area (Å²) in [6, 6.07) is 14.9. The van der Waals surface area contributed by atoms with Crippen LogP contribution in [-0.2, 0) is 11.3 Å². The van der Waals surface area contributed by atoms with Crippen molar-refractivity contribution in [1.82, 2.24) is 0 Å². The van der Waals surface area contributed by atoms with Crippen molar-refractivity contribution < 1.29 is 9.53 Å². The second-order valence-electron chi connectivity index (χ2n) is 4.28. The van der Waals surface area contributed by atoms with E-state index in [1.54, 1.807) is 12.1 Å². The molecule has 0 aromatic heterocycles. The fourth-order valence-electron chi connectivity index (χ4n) is 1.67. The fourth-order valence-corrected chi connectivity index (χ4v) is 1.67. The lowest BCUT2D eigenvalue weighted by Gasteiger charge is -2.09. The summed E-state index contributed by atoms with van der Waals surface area (Å²) < 4.78 is 5.11. The standard InChI is InChI=1S/C15H16N2O2/c1-11-7-8-14(13(16)9-11)17-15(18)19-10-12-5-3-2-4-6-12/h2-9H,10,16H2,1H3,(H,17,18). The van der Waals surface area contributed by atoms with Crippen LogP contribution >= 0.6 is 0 Å². The van der Waals surface area contributed by atoms with Crippen LogP contribution in [0, 0.1) is 6.92 Å². The molecule has 0 saturated carbocycles. The smallest absolute Gasteiger partial charge is 0.412 e. The van der Waals surface area contributed by atoms with Gasteiger partial charge in [-0.1, -0.05) is 36.4 Å². The lowest BCUT2D eigenvalue weighted by molar-refractivity contribution is 0.155. The molecular formula is C15H16N2O2. The summed E-state index contributed by atoms with van der Waals surface area (Å²) in [5, 5.41) is 2.62. The van der Waals surface area contributed by atoms with Gasteiger partial charge in [-0.3, -0.25) is 5.32 Å². The van der Waals surface area contributed by atoms with Crippen LogP contribution < -0.4 is 11.1 Å². The minimum absolute atomic E-state index is 0.235. The SMILES string of the molecule is Cc1ccc(NC(=O)OCc2ccccc2)c(N)c1. The third-order valence-corrected chi connectivity index (χ3v) is 2.66. The first kappa shape index (κ1) is 13.0. The van der Waals surface area contributed by atoms with Crippen LogP contribution in [-0.4, -0.2) is 6.09 Å². The first-order chi connectivity index (χ1) is 9.15. The number of carbonyl (C=O) groups is 1. The summed E-state index contributed by atoms with van der Waals surface area (Å²) in [6.07, 6.45) is -0.514. The molecule has 2 aromatic carbocycles. The Hall–Kier alpha value is -2.49. The van der Waals surface area contributed by atoms with Crippen LogP contribution in [0.25, 0.3) is 0 Å². The van der Waals surface area contributed by atoms with Gasteiger partial charge in [-0.2, -0.15) is 0 Å². The highest BCUT2D eigenvalue weighted by Gasteiger charge is 2.06. The third kappa shape index (κ3) is 3.74. The number of anilines is 2. The van der Waals surface area contributed by atoms with Gasteiger partial charge in [-0.25, -0.2) is 4.79 Å². The highest BCUT2D eigenvalue weighted by Crippen LogP contribution is 2.19. The minimum atomic E-state index is -0.514. The number of nitrogen functional groups attached to an aromatic ring is 1. The van der Waals surface area contributed by atoms with Crippen LogP contribution in [0.4, 0.5) is 16.2 Å². The Bertz CT molecular complexity index is 568. The van der Waals surface area contributed by atoms with Gasteiger partial charge in [0.15, 0.2) is 0 Å². The number of ether oxygens (including phenoxy) is 1. The highest BCUT2D eigenvalue weighted by molar-refractivity contribution is 5.88. The van der Waals surface area contributed by atoms with E-state index in [1.807, 2.05) is 43.3 Å². The molecule has 0 heterocycles. The molecule has 0 unspecified atom stereocenters. The number of benzene rings is 2. The average molecular weight is 256 g/mol. The summed E-state index contributed by atoms with van der Waals surface area (Å²) >= 11 is 0. The topological polar surface area (TPSA) is 64.3 Å². The summed E-state index contributed by atoms with van der Waals surface area (Å²) in [7, 11) is 0. The van der Waals surface area contributed by atoms with Crippen molar-refractivity contribution in [3.05, 3.63) is 59.7 Å². The number of nitrogens with one attached hydrogen (secondary N) is 1. The molecule has 0 bridgehead atoms. The number of aryl methyl sites for hydroxylation is 1. The van der Waals surface area contributed by atoms with Crippen LogP contribution in [0.15, 0.2) is 48.5 Å². The van der Waals surface area contributed by atoms with Crippen molar-refractivity contribution in [3.63, 3.8) is 0 Å². The van der Waals surface area contributed by atoms with Crippen molar-refractivity contribution in [3.8, 4) is 0 Å². The largest absolute Gasteiger partial charge is 0.444 e. The monoisotopic (exact) mass is 256 g/mol. The molecule has 0 aliphatic carbocycles. The Kier molecular flexibility index (Phi) is 4.03. The molecule has 3 N–H and O–H groups in total. The fraction of sp³-hybridized carbons (Fsp3) is 0.133. The predicted octanol–water partition coefficient (Wildman–Crippen LogP) is 3.33. The summed E-state index contributed by atoms with van der Waals surface area (Å²) in [4.78, 5) is 11.6. The summed E-state index contributed by atoms with van der Waals surface area (Å²) in [5.41, 5.74) is 8.87. The van der Waals surface area contributed by atoms with E-state index in [0.717, 1.165) is 11.1 Å². The van der Waals surface area contributed by atoms with E-state index in [2.05, 4.69) is 5.32 Å². The maximum Gasteiger partial charge on any atom is 0.412 e. The zero-order chi connectivity index (χ0) is 13.7. The molecule has 0 aliphatic rings. The number of rotatable bonds is 3. The first-order valence-electron chi connectivity index (χ1n) is 5.99. The minimum Gasteiger partial charge on any atom is -0.444 e. The third-order valence-electron chi connectivity index (χ3n) is 2.66. The Morgan fingerprint density at radius 1 is 1.21 bits per heavy atom. The molecule has 4 nitrogen and oxygen atoms in total. The molecule has 2 aromatic rings. The van der Waals surface area contributed by atoms with Gasteiger partial charge in [-0.05, 0) is 30.2 Å². The van der Waals surface area contributed by atoms with E-state index >= 15 is 0 Å². The molecule has 2 rings (SSSR count). The van der Waals surface area contributed by atoms with E-state index in [0.29, 0.717) is 11.4 Å². The quantitative estimate of drug-likeness (QED) is 0.828. The first-order valence-corrected chi connectivity index (χ1v) is 5.99. The van der Waals surface area contributed by atoms with Crippen molar-refractivity contribution in [2.45, 2.75) is 13.5 Å².